The van der Waals surface area contributed by atoms with Gasteiger partial charge in [0.25, 0.3) is 0 Å². The van der Waals surface area contributed by atoms with Gasteiger partial charge in [-0.1, -0.05) is 48.0 Å². The molecule has 21 heavy (non-hydrogen) atoms. The Morgan fingerprint density at radius 1 is 1.10 bits per heavy atom. The molecule has 2 rings (SSSR count). The van der Waals surface area contributed by atoms with Gasteiger partial charge in [-0.3, -0.25) is 0 Å². The molecule has 0 aliphatic rings. The number of sulfonamides is 1. The van der Waals surface area contributed by atoms with Crippen molar-refractivity contribution < 1.29 is 8.42 Å². The third-order valence-electron chi connectivity index (χ3n) is 3.29. The number of rotatable bonds is 5. The summed E-state index contributed by atoms with van der Waals surface area (Å²) in [5.74, 6) is 0.174. The van der Waals surface area contributed by atoms with E-state index < -0.39 is 10.0 Å². The second-order valence-corrected chi connectivity index (χ2v) is 7.27. The van der Waals surface area contributed by atoms with Crippen molar-refractivity contribution >= 4 is 21.6 Å². The van der Waals surface area contributed by atoms with Crippen molar-refractivity contribution in [3.05, 3.63) is 65.2 Å². The Morgan fingerprint density at radius 2 is 1.81 bits per heavy atom. The van der Waals surface area contributed by atoms with E-state index in [-0.39, 0.29) is 10.8 Å². The van der Waals surface area contributed by atoms with Crippen molar-refractivity contribution in [3.63, 3.8) is 0 Å². The van der Waals surface area contributed by atoms with Gasteiger partial charge in [-0.2, -0.15) is 4.31 Å². The third kappa shape index (κ3) is 3.64. The van der Waals surface area contributed by atoms with Crippen LogP contribution in [0.25, 0.3) is 0 Å². The van der Waals surface area contributed by atoms with E-state index >= 15 is 0 Å². The molecule has 2 aromatic rings. The first kappa shape index (κ1) is 16.0. The lowest BCUT2D eigenvalue weighted by Gasteiger charge is -2.19. The molecule has 2 aromatic carbocycles. The highest BCUT2D eigenvalue weighted by Crippen LogP contribution is 2.22. The van der Waals surface area contributed by atoms with E-state index in [2.05, 4.69) is 0 Å². The molecule has 3 nitrogen and oxygen atoms in total. The fourth-order valence-corrected chi connectivity index (χ4v) is 3.88. The minimum atomic E-state index is -3.54. The summed E-state index contributed by atoms with van der Waals surface area (Å²) in [5, 5.41) is 0. The average molecular weight is 324 g/mol. The van der Waals surface area contributed by atoms with E-state index in [4.69, 9.17) is 11.6 Å². The van der Waals surface area contributed by atoms with Gasteiger partial charge in [0.1, 0.15) is 0 Å². The molecule has 0 spiro atoms. The molecule has 0 aliphatic carbocycles. The van der Waals surface area contributed by atoms with Crippen molar-refractivity contribution in [2.75, 3.05) is 7.05 Å². The fraction of sp³-hybridized carbons (Fsp3) is 0.250. The molecular formula is C16H18ClNO2S. The largest absolute Gasteiger partial charge is 0.243 e. The van der Waals surface area contributed by atoms with Crippen LogP contribution in [-0.4, -0.2) is 19.8 Å². The topological polar surface area (TPSA) is 37.4 Å². The predicted octanol–water partition coefficient (Wildman–Crippen LogP) is 3.55. The molecule has 0 unspecified atom stereocenters. The minimum Gasteiger partial charge on any atom is -0.207 e. The first-order valence-electron chi connectivity index (χ1n) is 6.61. The van der Waals surface area contributed by atoms with Crippen molar-refractivity contribution in [2.24, 2.45) is 0 Å². The second kappa shape index (κ2) is 6.60. The summed E-state index contributed by atoms with van der Waals surface area (Å²) in [7, 11) is -1.96. The van der Waals surface area contributed by atoms with Crippen LogP contribution in [0.15, 0.2) is 53.4 Å². The van der Waals surface area contributed by atoms with Crippen LogP contribution in [0.2, 0.25) is 0 Å². The van der Waals surface area contributed by atoms with Crippen LogP contribution in [0, 0.1) is 6.92 Å². The molecule has 0 saturated carbocycles. The summed E-state index contributed by atoms with van der Waals surface area (Å²) in [6, 6.07) is 14.7. The summed E-state index contributed by atoms with van der Waals surface area (Å²) < 4.78 is 26.7. The van der Waals surface area contributed by atoms with E-state index in [9.17, 15) is 8.42 Å². The van der Waals surface area contributed by atoms with Crippen LogP contribution < -0.4 is 0 Å². The number of hydrogen-bond donors (Lipinski definition) is 0. The van der Waals surface area contributed by atoms with Crippen LogP contribution >= 0.6 is 11.6 Å². The second-order valence-electron chi connectivity index (χ2n) is 4.99. The highest BCUT2D eigenvalue weighted by molar-refractivity contribution is 7.89. The summed E-state index contributed by atoms with van der Waals surface area (Å²) in [6.07, 6.45) is 0. The molecule has 0 radical (unpaired) electrons. The third-order valence-corrected chi connectivity index (χ3v) is 5.48. The Balaban J connectivity index is 2.31. The number of aryl methyl sites for hydroxylation is 1. The standard InChI is InChI=1S/C16H18ClNO2S/c1-13-6-5-7-14(10-13)12-18(2)21(19,20)16-9-4-3-8-15(16)11-17/h3-10H,11-12H2,1-2H3. The molecule has 0 N–H and O–H groups in total. The quantitative estimate of drug-likeness (QED) is 0.789. The lowest BCUT2D eigenvalue weighted by Crippen LogP contribution is -2.27. The molecule has 5 heteroatoms. The molecular weight excluding hydrogens is 306 g/mol. The van der Waals surface area contributed by atoms with Crippen molar-refractivity contribution in [2.45, 2.75) is 24.2 Å². The fourth-order valence-electron chi connectivity index (χ4n) is 2.19. The van der Waals surface area contributed by atoms with E-state index in [1.54, 1.807) is 31.3 Å². The maximum Gasteiger partial charge on any atom is 0.243 e. The highest BCUT2D eigenvalue weighted by Gasteiger charge is 2.23. The molecule has 0 saturated heterocycles. The maximum absolute atomic E-state index is 12.7. The lowest BCUT2D eigenvalue weighted by atomic mass is 10.1. The van der Waals surface area contributed by atoms with Crippen LogP contribution in [0.4, 0.5) is 0 Å². The van der Waals surface area contributed by atoms with E-state index in [1.165, 1.54) is 4.31 Å². The van der Waals surface area contributed by atoms with Crippen molar-refractivity contribution in [3.8, 4) is 0 Å². The Hall–Kier alpha value is -1.36. The van der Waals surface area contributed by atoms with Gasteiger partial charge in [0.15, 0.2) is 0 Å². The summed E-state index contributed by atoms with van der Waals surface area (Å²) >= 11 is 5.84. The zero-order valence-corrected chi connectivity index (χ0v) is 13.7. The first-order chi connectivity index (χ1) is 9.95. The van der Waals surface area contributed by atoms with E-state index in [1.807, 2.05) is 31.2 Å². The Labute approximate surface area is 131 Å². The lowest BCUT2D eigenvalue weighted by molar-refractivity contribution is 0.466. The molecule has 0 fully saturated rings. The molecule has 0 heterocycles. The van der Waals surface area contributed by atoms with Gasteiger partial charge in [-0.05, 0) is 24.1 Å². The van der Waals surface area contributed by atoms with Gasteiger partial charge in [0.2, 0.25) is 10.0 Å². The van der Waals surface area contributed by atoms with Gasteiger partial charge in [0, 0.05) is 19.5 Å². The Morgan fingerprint density at radius 3 is 2.48 bits per heavy atom. The minimum absolute atomic E-state index is 0.174. The zero-order valence-electron chi connectivity index (χ0n) is 12.1. The SMILES string of the molecule is Cc1cccc(CN(C)S(=O)(=O)c2ccccc2CCl)c1. The predicted molar refractivity (Wildman–Crippen MR) is 85.8 cm³/mol. The van der Waals surface area contributed by atoms with Crippen molar-refractivity contribution in [1.82, 2.24) is 4.31 Å². The van der Waals surface area contributed by atoms with Crippen LogP contribution in [0.1, 0.15) is 16.7 Å². The van der Waals surface area contributed by atoms with Gasteiger partial charge in [-0.25, -0.2) is 8.42 Å². The van der Waals surface area contributed by atoms with E-state index in [0.29, 0.717) is 12.1 Å². The number of benzene rings is 2. The van der Waals surface area contributed by atoms with Gasteiger partial charge < -0.3 is 0 Å². The maximum atomic E-state index is 12.7. The number of hydrogen-bond acceptors (Lipinski definition) is 2. The summed E-state index contributed by atoms with van der Waals surface area (Å²) in [4.78, 5) is 0.273. The van der Waals surface area contributed by atoms with Gasteiger partial charge in [0.05, 0.1) is 4.90 Å². The van der Waals surface area contributed by atoms with Gasteiger partial charge >= 0.3 is 0 Å². The number of nitrogens with zero attached hydrogens (tertiary/aromatic N) is 1. The monoisotopic (exact) mass is 323 g/mol. The van der Waals surface area contributed by atoms with Crippen LogP contribution in [-0.2, 0) is 22.4 Å². The highest BCUT2D eigenvalue weighted by atomic mass is 35.5. The molecule has 0 bridgehead atoms. The number of alkyl halides is 1. The average Bonchev–Trinajstić information content (AvgIpc) is 2.47. The molecule has 112 valence electrons. The van der Waals surface area contributed by atoms with Crippen molar-refractivity contribution in [1.29, 1.82) is 0 Å². The summed E-state index contributed by atoms with van der Waals surface area (Å²) in [6.45, 7) is 2.32. The Kier molecular flexibility index (Phi) is 5.04. The normalized spacial score (nSPS) is 11.8. The Bertz CT molecular complexity index is 729. The molecule has 0 atom stereocenters. The molecule has 0 aromatic heterocycles. The van der Waals surface area contributed by atoms with Crippen LogP contribution in [0.3, 0.4) is 0 Å². The summed E-state index contributed by atoms with van der Waals surface area (Å²) in [5.41, 5.74) is 2.69. The van der Waals surface area contributed by atoms with Gasteiger partial charge in [-0.15, -0.1) is 11.6 Å². The number of halogens is 1. The van der Waals surface area contributed by atoms with Crippen LogP contribution in [0.5, 0.6) is 0 Å². The molecule has 0 amide bonds. The smallest absolute Gasteiger partial charge is 0.207 e. The van der Waals surface area contributed by atoms with E-state index in [0.717, 1.165) is 11.1 Å². The zero-order chi connectivity index (χ0) is 15.5. The molecule has 0 aliphatic heterocycles. The first-order valence-corrected chi connectivity index (χ1v) is 8.58.